The average molecular weight is 372 g/mol. The van der Waals surface area contributed by atoms with Crippen molar-refractivity contribution in [2.24, 2.45) is 0 Å². The molecule has 1 N–H and O–H groups in total. The third-order valence-electron chi connectivity index (χ3n) is 4.00. The van der Waals surface area contributed by atoms with Gasteiger partial charge in [-0.15, -0.1) is 11.3 Å². The van der Waals surface area contributed by atoms with Crippen LogP contribution in [0.25, 0.3) is 0 Å². The molecular formula is C15H18ClN3O2S2. The summed E-state index contributed by atoms with van der Waals surface area (Å²) < 4.78 is 27.6. The number of rotatable bonds is 5. The van der Waals surface area contributed by atoms with E-state index in [0.29, 0.717) is 11.6 Å². The summed E-state index contributed by atoms with van der Waals surface area (Å²) in [5.41, 5.74) is 0.858. The van der Waals surface area contributed by atoms with Crippen LogP contribution in [-0.2, 0) is 10.0 Å². The molecule has 1 unspecified atom stereocenters. The first-order valence-electron chi connectivity index (χ1n) is 7.39. The molecule has 0 spiro atoms. The number of hydrogen-bond acceptors (Lipinski definition) is 5. The highest BCUT2D eigenvalue weighted by atomic mass is 35.5. The van der Waals surface area contributed by atoms with Crippen molar-refractivity contribution in [3.63, 3.8) is 0 Å². The van der Waals surface area contributed by atoms with Gasteiger partial charge in [-0.1, -0.05) is 17.7 Å². The van der Waals surface area contributed by atoms with Crippen LogP contribution >= 0.6 is 22.9 Å². The Morgan fingerprint density at radius 2 is 2.30 bits per heavy atom. The number of sulfonamides is 1. The lowest BCUT2D eigenvalue weighted by Gasteiger charge is -2.24. The number of hydrogen-bond donors (Lipinski definition) is 1. The van der Waals surface area contributed by atoms with Crippen LogP contribution in [0.2, 0.25) is 5.02 Å². The van der Waals surface area contributed by atoms with Gasteiger partial charge in [0, 0.05) is 35.7 Å². The lowest BCUT2D eigenvalue weighted by molar-refractivity contribution is 0.567. The summed E-state index contributed by atoms with van der Waals surface area (Å²) in [5, 5.41) is 3.34. The molecule has 1 aromatic carbocycles. The van der Waals surface area contributed by atoms with Gasteiger partial charge in [0.25, 0.3) is 0 Å². The molecule has 124 valence electrons. The van der Waals surface area contributed by atoms with Gasteiger partial charge >= 0.3 is 0 Å². The molecule has 1 aliphatic rings. The van der Waals surface area contributed by atoms with Crippen LogP contribution in [0.3, 0.4) is 0 Å². The van der Waals surface area contributed by atoms with E-state index in [1.165, 1.54) is 6.07 Å². The highest BCUT2D eigenvalue weighted by molar-refractivity contribution is 7.89. The van der Waals surface area contributed by atoms with Gasteiger partial charge in [0.15, 0.2) is 5.13 Å². The second-order valence-electron chi connectivity index (χ2n) is 5.57. The molecular weight excluding hydrogens is 354 g/mol. The first-order valence-corrected chi connectivity index (χ1v) is 10.1. The van der Waals surface area contributed by atoms with Crippen molar-refractivity contribution >= 4 is 38.1 Å². The number of benzene rings is 1. The molecule has 0 bridgehead atoms. The van der Waals surface area contributed by atoms with Gasteiger partial charge < -0.3 is 4.90 Å². The quantitative estimate of drug-likeness (QED) is 0.877. The average Bonchev–Trinajstić information content (AvgIpc) is 3.18. The Balaban J connectivity index is 1.70. The van der Waals surface area contributed by atoms with Crippen LogP contribution in [0.5, 0.6) is 0 Å². The highest BCUT2D eigenvalue weighted by Gasteiger charge is 2.28. The van der Waals surface area contributed by atoms with E-state index in [4.69, 9.17) is 11.6 Å². The van der Waals surface area contributed by atoms with Crippen LogP contribution in [0, 0.1) is 6.92 Å². The minimum Gasteiger partial charge on any atom is -0.344 e. The maximum atomic E-state index is 12.4. The molecule has 2 aromatic rings. The van der Waals surface area contributed by atoms with E-state index in [-0.39, 0.29) is 10.9 Å². The van der Waals surface area contributed by atoms with Gasteiger partial charge in [-0.3, -0.25) is 0 Å². The summed E-state index contributed by atoms with van der Waals surface area (Å²) in [4.78, 5) is 6.70. The SMILES string of the molecule is Cc1ccc(S(=O)(=O)NCC2CCCN2c2nccs2)cc1Cl. The van der Waals surface area contributed by atoms with Gasteiger partial charge in [0.2, 0.25) is 10.0 Å². The second-order valence-corrected chi connectivity index (χ2v) is 8.61. The van der Waals surface area contributed by atoms with Gasteiger partial charge in [0.05, 0.1) is 4.90 Å². The van der Waals surface area contributed by atoms with Crippen molar-refractivity contribution in [2.45, 2.75) is 30.7 Å². The topological polar surface area (TPSA) is 62.3 Å². The number of nitrogens with zero attached hydrogens (tertiary/aromatic N) is 2. The maximum Gasteiger partial charge on any atom is 0.240 e. The van der Waals surface area contributed by atoms with E-state index in [1.807, 2.05) is 12.3 Å². The molecule has 3 rings (SSSR count). The number of aromatic nitrogens is 1. The van der Waals surface area contributed by atoms with E-state index in [2.05, 4.69) is 14.6 Å². The van der Waals surface area contributed by atoms with Gasteiger partial charge in [-0.2, -0.15) is 0 Å². The van der Waals surface area contributed by atoms with Crippen LogP contribution in [0.15, 0.2) is 34.7 Å². The lowest BCUT2D eigenvalue weighted by atomic mass is 10.2. The first kappa shape index (κ1) is 16.7. The highest BCUT2D eigenvalue weighted by Crippen LogP contribution is 2.27. The Hall–Kier alpha value is -1.15. The fraction of sp³-hybridized carbons (Fsp3) is 0.400. The Morgan fingerprint density at radius 1 is 1.48 bits per heavy atom. The van der Waals surface area contributed by atoms with Crippen molar-refractivity contribution < 1.29 is 8.42 Å². The lowest BCUT2D eigenvalue weighted by Crippen LogP contribution is -2.40. The summed E-state index contributed by atoms with van der Waals surface area (Å²) in [6.07, 6.45) is 3.77. The standard InChI is InChI=1S/C15H18ClN3O2S2/c1-11-4-5-13(9-14(11)16)23(20,21)18-10-12-3-2-7-19(12)15-17-6-8-22-15/h4-6,8-9,12,18H,2-3,7,10H2,1H3. The molecule has 1 saturated heterocycles. The van der Waals surface area contributed by atoms with Gasteiger partial charge in [-0.25, -0.2) is 18.1 Å². The largest absolute Gasteiger partial charge is 0.344 e. The van der Waals surface area contributed by atoms with Crippen molar-refractivity contribution in [1.29, 1.82) is 0 Å². The van der Waals surface area contributed by atoms with Crippen molar-refractivity contribution in [1.82, 2.24) is 9.71 Å². The third kappa shape index (κ3) is 3.68. The second kappa shape index (κ2) is 6.76. The minimum atomic E-state index is -3.56. The summed E-state index contributed by atoms with van der Waals surface area (Å²) in [7, 11) is -3.56. The van der Waals surface area contributed by atoms with Crippen LogP contribution in [0.4, 0.5) is 5.13 Å². The molecule has 1 atom stereocenters. The van der Waals surface area contributed by atoms with E-state index >= 15 is 0 Å². The fourth-order valence-corrected chi connectivity index (χ4v) is 4.77. The van der Waals surface area contributed by atoms with Gasteiger partial charge in [-0.05, 0) is 37.5 Å². The monoisotopic (exact) mass is 371 g/mol. The van der Waals surface area contributed by atoms with Crippen molar-refractivity contribution in [3.05, 3.63) is 40.4 Å². The Kier molecular flexibility index (Phi) is 4.91. The predicted molar refractivity (Wildman–Crippen MR) is 93.9 cm³/mol. The number of halogens is 1. The maximum absolute atomic E-state index is 12.4. The van der Waals surface area contributed by atoms with E-state index in [1.54, 1.807) is 29.7 Å². The Bertz CT molecular complexity index is 778. The molecule has 0 amide bonds. The molecule has 0 radical (unpaired) electrons. The summed E-state index contributed by atoms with van der Waals surface area (Å²) in [6, 6.07) is 4.93. The molecule has 2 heterocycles. The van der Waals surface area contributed by atoms with Gasteiger partial charge in [0.1, 0.15) is 0 Å². The summed E-state index contributed by atoms with van der Waals surface area (Å²) in [5.74, 6) is 0. The van der Waals surface area contributed by atoms with E-state index < -0.39 is 10.0 Å². The number of nitrogens with one attached hydrogen (secondary N) is 1. The summed E-state index contributed by atoms with van der Waals surface area (Å²) in [6.45, 7) is 3.13. The van der Waals surface area contributed by atoms with E-state index in [9.17, 15) is 8.42 Å². The normalized spacial score (nSPS) is 18.5. The molecule has 8 heteroatoms. The zero-order chi connectivity index (χ0) is 16.4. The molecule has 1 fully saturated rings. The molecule has 0 saturated carbocycles. The fourth-order valence-electron chi connectivity index (χ4n) is 2.69. The molecule has 23 heavy (non-hydrogen) atoms. The van der Waals surface area contributed by atoms with Crippen LogP contribution in [0.1, 0.15) is 18.4 Å². The number of aryl methyl sites for hydroxylation is 1. The van der Waals surface area contributed by atoms with Crippen LogP contribution < -0.4 is 9.62 Å². The number of thiazole rings is 1. The molecule has 1 aliphatic heterocycles. The van der Waals surface area contributed by atoms with E-state index in [0.717, 1.165) is 30.1 Å². The summed E-state index contributed by atoms with van der Waals surface area (Å²) >= 11 is 7.61. The Labute approximate surface area is 145 Å². The number of anilines is 1. The smallest absolute Gasteiger partial charge is 0.240 e. The Morgan fingerprint density at radius 3 is 3.00 bits per heavy atom. The molecule has 0 aliphatic carbocycles. The predicted octanol–water partition coefficient (Wildman–Crippen LogP) is 3.05. The van der Waals surface area contributed by atoms with Crippen molar-refractivity contribution in [2.75, 3.05) is 18.0 Å². The minimum absolute atomic E-state index is 0.136. The first-order chi connectivity index (χ1) is 11.0. The molecule has 5 nitrogen and oxygen atoms in total. The zero-order valence-corrected chi connectivity index (χ0v) is 15.1. The van der Waals surface area contributed by atoms with Crippen LogP contribution in [-0.4, -0.2) is 32.5 Å². The zero-order valence-electron chi connectivity index (χ0n) is 12.7. The van der Waals surface area contributed by atoms with Crippen molar-refractivity contribution in [3.8, 4) is 0 Å². The third-order valence-corrected chi connectivity index (χ3v) is 6.64. The molecule has 1 aromatic heterocycles.